The molecule has 2 heterocycles. The first-order valence-electron chi connectivity index (χ1n) is 9.26. The Morgan fingerprint density at radius 2 is 2.03 bits per heavy atom. The zero-order valence-corrected chi connectivity index (χ0v) is 16.9. The summed E-state index contributed by atoms with van der Waals surface area (Å²) in [4.78, 5) is 9.09. The van der Waals surface area contributed by atoms with Crippen molar-refractivity contribution in [2.75, 3.05) is 6.61 Å². The van der Waals surface area contributed by atoms with Crippen molar-refractivity contribution in [3.63, 3.8) is 0 Å². The molecule has 0 unspecified atom stereocenters. The molecule has 0 aliphatic heterocycles. The minimum Gasteiger partial charge on any atom is -0.504 e. The molecule has 0 aliphatic rings. The van der Waals surface area contributed by atoms with Gasteiger partial charge in [-0.3, -0.25) is 0 Å². The number of hydrogen-bond donors (Lipinski definition) is 1. The molecule has 0 radical (unpaired) electrons. The number of ether oxygens (including phenoxy) is 1. The Kier molecular flexibility index (Phi) is 5.63. The van der Waals surface area contributed by atoms with E-state index in [-0.39, 0.29) is 5.75 Å². The molecule has 2 aromatic heterocycles. The van der Waals surface area contributed by atoms with E-state index in [0.717, 1.165) is 11.1 Å². The van der Waals surface area contributed by atoms with Gasteiger partial charge in [-0.25, -0.2) is 9.97 Å². The first kappa shape index (κ1) is 19.5. The molecule has 1 N–H and O–H groups in total. The fourth-order valence-corrected chi connectivity index (χ4v) is 4.10. The summed E-state index contributed by atoms with van der Waals surface area (Å²) >= 11 is 1.34. The van der Waals surface area contributed by atoms with Gasteiger partial charge in [-0.05, 0) is 36.8 Å². The molecule has 148 valence electrons. The van der Waals surface area contributed by atoms with Crippen LogP contribution in [0.15, 0.2) is 65.1 Å². The van der Waals surface area contributed by atoms with Crippen molar-refractivity contribution in [3.8, 4) is 28.0 Å². The standard InChI is InChI=1S/C22H17N5O2S/c1-2-29-17-9-4-3-8-16(17)20-19(28)18-21(30-20)22(25-13-24-18)27-26-12-15-7-5-6-14(10-15)11-23/h3-10,13,28H,2,12H2,1H3. The Morgan fingerprint density at radius 3 is 2.87 bits per heavy atom. The third-order valence-electron chi connectivity index (χ3n) is 4.33. The van der Waals surface area contributed by atoms with Gasteiger partial charge in [0.15, 0.2) is 11.6 Å². The fourth-order valence-electron chi connectivity index (χ4n) is 3.00. The normalized spacial score (nSPS) is 11.1. The maximum atomic E-state index is 10.8. The number of benzene rings is 2. The topological polar surface area (TPSA) is 104 Å². The molecule has 7 nitrogen and oxygen atoms in total. The van der Waals surface area contributed by atoms with Crippen molar-refractivity contribution in [1.82, 2.24) is 9.97 Å². The van der Waals surface area contributed by atoms with Crippen molar-refractivity contribution in [2.24, 2.45) is 10.2 Å². The van der Waals surface area contributed by atoms with Crippen LogP contribution in [0.5, 0.6) is 11.5 Å². The number of para-hydroxylation sites is 1. The highest BCUT2D eigenvalue weighted by molar-refractivity contribution is 7.23. The molecule has 0 fully saturated rings. The Balaban J connectivity index is 1.69. The number of nitrogens with zero attached hydrogens (tertiary/aromatic N) is 5. The van der Waals surface area contributed by atoms with Gasteiger partial charge in [-0.15, -0.1) is 16.5 Å². The number of hydrogen-bond acceptors (Lipinski definition) is 8. The van der Waals surface area contributed by atoms with Crippen molar-refractivity contribution >= 4 is 27.4 Å². The average Bonchev–Trinajstić information content (AvgIpc) is 3.12. The monoisotopic (exact) mass is 415 g/mol. The number of fused-ring (bicyclic) bond motifs is 1. The summed E-state index contributed by atoms with van der Waals surface area (Å²) in [7, 11) is 0. The van der Waals surface area contributed by atoms with Crippen LogP contribution in [-0.4, -0.2) is 21.7 Å². The lowest BCUT2D eigenvalue weighted by Crippen LogP contribution is -1.92. The SMILES string of the molecule is CCOc1ccccc1-c1sc2c(N=NCc3cccc(C#N)c3)ncnc2c1O. The first-order valence-corrected chi connectivity index (χ1v) is 10.1. The third-order valence-corrected chi connectivity index (χ3v) is 5.53. The molecule has 0 saturated carbocycles. The van der Waals surface area contributed by atoms with Crippen LogP contribution >= 0.6 is 11.3 Å². The molecule has 0 amide bonds. The van der Waals surface area contributed by atoms with Gasteiger partial charge in [0.1, 0.15) is 22.3 Å². The Labute approximate surface area is 177 Å². The lowest BCUT2D eigenvalue weighted by molar-refractivity contribution is 0.341. The van der Waals surface area contributed by atoms with Gasteiger partial charge in [0.05, 0.1) is 29.7 Å². The van der Waals surface area contributed by atoms with Crippen LogP contribution < -0.4 is 4.74 Å². The summed E-state index contributed by atoms with van der Waals surface area (Å²) in [6.45, 7) is 2.76. The Hall–Kier alpha value is -3.83. The highest BCUT2D eigenvalue weighted by Crippen LogP contribution is 2.47. The highest BCUT2D eigenvalue weighted by Gasteiger charge is 2.20. The van der Waals surface area contributed by atoms with Crippen LogP contribution in [0.3, 0.4) is 0 Å². The maximum Gasteiger partial charge on any atom is 0.195 e. The van der Waals surface area contributed by atoms with Crippen LogP contribution in [0.2, 0.25) is 0 Å². The lowest BCUT2D eigenvalue weighted by Gasteiger charge is -2.08. The largest absolute Gasteiger partial charge is 0.504 e. The quantitative estimate of drug-likeness (QED) is 0.412. The van der Waals surface area contributed by atoms with E-state index in [0.29, 0.717) is 45.4 Å². The van der Waals surface area contributed by atoms with Gasteiger partial charge in [-0.1, -0.05) is 24.3 Å². The molecule has 4 rings (SSSR count). The van der Waals surface area contributed by atoms with Crippen LogP contribution in [0.4, 0.5) is 5.82 Å². The van der Waals surface area contributed by atoms with E-state index in [9.17, 15) is 5.11 Å². The van der Waals surface area contributed by atoms with Crippen LogP contribution in [0.1, 0.15) is 18.1 Å². The average molecular weight is 415 g/mol. The molecule has 0 bridgehead atoms. The summed E-state index contributed by atoms with van der Waals surface area (Å²) in [6, 6.07) is 16.9. The van der Waals surface area contributed by atoms with E-state index in [1.165, 1.54) is 17.7 Å². The molecule has 2 aromatic carbocycles. The van der Waals surface area contributed by atoms with E-state index < -0.39 is 0 Å². The minimum absolute atomic E-state index is 0.0720. The summed E-state index contributed by atoms with van der Waals surface area (Å²) in [6.07, 6.45) is 1.36. The van der Waals surface area contributed by atoms with Crippen molar-refractivity contribution in [1.29, 1.82) is 5.26 Å². The van der Waals surface area contributed by atoms with Gasteiger partial charge in [-0.2, -0.15) is 10.4 Å². The number of aromatic hydroxyl groups is 1. The highest BCUT2D eigenvalue weighted by atomic mass is 32.1. The van der Waals surface area contributed by atoms with Gasteiger partial charge in [0.25, 0.3) is 0 Å². The molecule has 0 saturated heterocycles. The number of nitriles is 1. The molecule has 0 spiro atoms. The van der Waals surface area contributed by atoms with Gasteiger partial charge < -0.3 is 9.84 Å². The molecule has 0 atom stereocenters. The van der Waals surface area contributed by atoms with E-state index in [2.05, 4.69) is 26.3 Å². The van der Waals surface area contributed by atoms with Crippen molar-refractivity contribution in [3.05, 3.63) is 66.0 Å². The van der Waals surface area contributed by atoms with E-state index >= 15 is 0 Å². The molecule has 0 aliphatic carbocycles. The van der Waals surface area contributed by atoms with Crippen LogP contribution in [-0.2, 0) is 6.54 Å². The lowest BCUT2D eigenvalue weighted by atomic mass is 10.1. The third kappa shape index (κ3) is 3.83. The minimum atomic E-state index is 0.0720. The van der Waals surface area contributed by atoms with Gasteiger partial charge in [0.2, 0.25) is 0 Å². The smallest absolute Gasteiger partial charge is 0.195 e. The van der Waals surface area contributed by atoms with Gasteiger partial charge in [0, 0.05) is 5.56 Å². The predicted octanol–water partition coefficient (Wildman–Crippen LogP) is 5.62. The second kappa shape index (κ2) is 8.68. The maximum absolute atomic E-state index is 10.8. The summed E-state index contributed by atoms with van der Waals surface area (Å²) in [5, 5.41) is 28.3. The predicted molar refractivity (Wildman–Crippen MR) is 115 cm³/mol. The molecular weight excluding hydrogens is 398 g/mol. The zero-order chi connectivity index (χ0) is 20.9. The first-order chi connectivity index (χ1) is 14.7. The summed E-state index contributed by atoms with van der Waals surface area (Å²) < 4.78 is 6.34. The van der Waals surface area contributed by atoms with Crippen molar-refractivity contribution < 1.29 is 9.84 Å². The van der Waals surface area contributed by atoms with Gasteiger partial charge >= 0.3 is 0 Å². The summed E-state index contributed by atoms with van der Waals surface area (Å²) in [5.74, 6) is 1.15. The summed E-state index contributed by atoms with van der Waals surface area (Å²) in [5.41, 5.74) is 2.67. The molecule has 8 heteroatoms. The van der Waals surface area contributed by atoms with Crippen LogP contribution in [0.25, 0.3) is 20.7 Å². The number of thiophene rings is 1. The Morgan fingerprint density at radius 1 is 1.17 bits per heavy atom. The second-order valence-electron chi connectivity index (χ2n) is 6.30. The van der Waals surface area contributed by atoms with E-state index in [4.69, 9.17) is 10.00 Å². The van der Waals surface area contributed by atoms with Crippen molar-refractivity contribution in [2.45, 2.75) is 13.5 Å². The Bertz CT molecular complexity index is 1280. The zero-order valence-electron chi connectivity index (χ0n) is 16.1. The molecule has 30 heavy (non-hydrogen) atoms. The number of azo groups is 1. The van der Waals surface area contributed by atoms with E-state index in [1.807, 2.05) is 43.3 Å². The molecular formula is C22H17N5O2S. The number of rotatable bonds is 6. The number of aromatic nitrogens is 2. The van der Waals surface area contributed by atoms with E-state index in [1.54, 1.807) is 12.1 Å². The fraction of sp³-hybridized carbons (Fsp3) is 0.136. The molecule has 4 aromatic rings. The van der Waals surface area contributed by atoms with Crippen LogP contribution in [0, 0.1) is 11.3 Å². The second-order valence-corrected chi connectivity index (χ2v) is 7.32.